The quantitative estimate of drug-likeness (QED) is 0.405. The van der Waals surface area contributed by atoms with Crippen LogP contribution in [0.3, 0.4) is 0 Å². The summed E-state index contributed by atoms with van der Waals surface area (Å²) in [5.41, 5.74) is 1.21. The Morgan fingerprint density at radius 2 is 2.08 bits per heavy atom. The Hall–Kier alpha value is -2.78. The third kappa shape index (κ3) is 3.12. The van der Waals surface area contributed by atoms with Gasteiger partial charge in [-0.25, -0.2) is 4.98 Å². The largest absolute Gasteiger partial charge is 0.497 e. The maximum Gasteiger partial charge on any atom is 0.266 e. The number of rotatable bonds is 5. The van der Waals surface area contributed by atoms with Gasteiger partial charge in [-0.05, 0) is 24.3 Å². The van der Waals surface area contributed by atoms with Crippen LogP contribution in [0.4, 0.5) is 0 Å². The van der Waals surface area contributed by atoms with Crippen LogP contribution in [0.2, 0.25) is 0 Å². The van der Waals surface area contributed by atoms with Crippen molar-refractivity contribution in [1.29, 1.82) is 5.26 Å². The summed E-state index contributed by atoms with van der Waals surface area (Å²) in [5.74, 6) is 1.24. The molecule has 0 aliphatic carbocycles. The number of hydrogen-bond acceptors (Lipinski definition) is 5. The standard InChI is InChI=1S/C18H15N3O2S/c1-23-14-7-4-6-13(12-14)21-17(22)15-8-2-3-9-16(15)20-18(21)24-11-5-10-19/h2-4,6-9,12H,5,11H2,1H3. The number of para-hydroxylation sites is 1. The van der Waals surface area contributed by atoms with Gasteiger partial charge in [0.25, 0.3) is 5.56 Å². The van der Waals surface area contributed by atoms with Gasteiger partial charge in [-0.2, -0.15) is 5.26 Å². The van der Waals surface area contributed by atoms with Gasteiger partial charge in [0.2, 0.25) is 0 Å². The van der Waals surface area contributed by atoms with E-state index in [1.165, 1.54) is 11.8 Å². The molecule has 6 heteroatoms. The van der Waals surface area contributed by atoms with Crippen LogP contribution < -0.4 is 10.3 Å². The summed E-state index contributed by atoms with van der Waals surface area (Å²) in [6.07, 6.45) is 0.394. The van der Waals surface area contributed by atoms with Crippen LogP contribution in [0.15, 0.2) is 58.5 Å². The lowest BCUT2D eigenvalue weighted by Crippen LogP contribution is -2.21. The van der Waals surface area contributed by atoms with Crippen molar-refractivity contribution in [3.8, 4) is 17.5 Å². The van der Waals surface area contributed by atoms with Gasteiger partial charge in [-0.3, -0.25) is 9.36 Å². The van der Waals surface area contributed by atoms with Gasteiger partial charge in [0.1, 0.15) is 5.75 Å². The van der Waals surface area contributed by atoms with E-state index in [9.17, 15) is 4.79 Å². The van der Waals surface area contributed by atoms with E-state index in [1.807, 2.05) is 36.4 Å². The Morgan fingerprint density at radius 3 is 2.88 bits per heavy atom. The van der Waals surface area contributed by atoms with Crippen LogP contribution in [0.1, 0.15) is 6.42 Å². The number of nitriles is 1. The fourth-order valence-electron chi connectivity index (χ4n) is 2.37. The van der Waals surface area contributed by atoms with E-state index in [-0.39, 0.29) is 5.56 Å². The van der Waals surface area contributed by atoms with Crippen LogP contribution in [-0.2, 0) is 0 Å². The van der Waals surface area contributed by atoms with Crippen molar-refractivity contribution in [2.75, 3.05) is 12.9 Å². The Balaban J connectivity index is 2.22. The Kier molecular flexibility index (Phi) is 4.82. The van der Waals surface area contributed by atoms with E-state index in [1.54, 1.807) is 23.8 Å². The summed E-state index contributed by atoms with van der Waals surface area (Å²) in [4.78, 5) is 17.6. The van der Waals surface area contributed by atoms with E-state index in [0.29, 0.717) is 39.7 Å². The van der Waals surface area contributed by atoms with E-state index < -0.39 is 0 Å². The molecular formula is C18H15N3O2S. The Labute approximate surface area is 143 Å². The number of benzene rings is 2. The maximum atomic E-state index is 13.0. The number of nitrogens with zero attached hydrogens (tertiary/aromatic N) is 3. The Morgan fingerprint density at radius 1 is 1.25 bits per heavy atom. The van der Waals surface area contributed by atoms with Crippen LogP contribution in [0.25, 0.3) is 16.6 Å². The number of methoxy groups -OCH3 is 1. The summed E-state index contributed by atoms with van der Waals surface area (Å²) in [5, 5.41) is 9.89. The molecule has 0 fully saturated rings. The molecule has 0 amide bonds. The van der Waals surface area contributed by atoms with Crippen molar-refractivity contribution in [2.45, 2.75) is 11.6 Å². The second-order valence-electron chi connectivity index (χ2n) is 5.01. The van der Waals surface area contributed by atoms with Gasteiger partial charge in [0.15, 0.2) is 5.16 Å². The molecule has 120 valence electrons. The highest BCUT2D eigenvalue weighted by Gasteiger charge is 2.13. The molecule has 0 spiro atoms. The molecule has 0 radical (unpaired) electrons. The van der Waals surface area contributed by atoms with Crippen molar-refractivity contribution < 1.29 is 4.74 Å². The third-order valence-electron chi connectivity index (χ3n) is 3.50. The van der Waals surface area contributed by atoms with Crippen LogP contribution in [0.5, 0.6) is 5.75 Å². The number of thioether (sulfide) groups is 1. The van der Waals surface area contributed by atoms with Gasteiger partial charge in [0, 0.05) is 18.2 Å². The molecule has 24 heavy (non-hydrogen) atoms. The smallest absolute Gasteiger partial charge is 0.266 e. The first-order chi connectivity index (χ1) is 11.7. The lowest BCUT2D eigenvalue weighted by atomic mass is 10.2. The molecule has 0 aliphatic rings. The van der Waals surface area contributed by atoms with Crippen LogP contribution >= 0.6 is 11.8 Å². The number of fused-ring (bicyclic) bond motifs is 1. The molecule has 3 aromatic rings. The first-order valence-electron chi connectivity index (χ1n) is 7.40. The van der Waals surface area contributed by atoms with Crippen molar-refractivity contribution in [3.63, 3.8) is 0 Å². The predicted molar refractivity (Wildman–Crippen MR) is 94.8 cm³/mol. The summed E-state index contributed by atoms with van der Waals surface area (Å²) in [7, 11) is 1.59. The molecule has 1 heterocycles. The average Bonchev–Trinajstić information content (AvgIpc) is 2.62. The molecule has 0 unspecified atom stereocenters. The van der Waals surface area contributed by atoms with Gasteiger partial charge >= 0.3 is 0 Å². The second-order valence-corrected chi connectivity index (χ2v) is 6.07. The maximum absolute atomic E-state index is 13.0. The van der Waals surface area contributed by atoms with Crippen molar-refractivity contribution in [3.05, 3.63) is 58.9 Å². The number of hydrogen-bond donors (Lipinski definition) is 0. The van der Waals surface area contributed by atoms with E-state index in [2.05, 4.69) is 11.1 Å². The molecule has 3 rings (SSSR count). The zero-order chi connectivity index (χ0) is 16.9. The van der Waals surface area contributed by atoms with E-state index >= 15 is 0 Å². The third-order valence-corrected chi connectivity index (χ3v) is 4.44. The van der Waals surface area contributed by atoms with Gasteiger partial charge in [-0.15, -0.1) is 0 Å². The normalized spacial score (nSPS) is 10.5. The van der Waals surface area contributed by atoms with Gasteiger partial charge in [-0.1, -0.05) is 30.0 Å². The minimum absolute atomic E-state index is 0.131. The molecule has 2 aromatic carbocycles. The summed E-state index contributed by atoms with van der Waals surface area (Å²) in [6.45, 7) is 0. The van der Waals surface area contributed by atoms with Gasteiger partial charge < -0.3 is 4.74 Å². The predicted octanol–water partition coefficient (Wildman–Crippen LogP) is 3.40. The summed E-state index contributed by atoms with van der Waals surface area (Å²) >= 11 is 1.40. The highest BCUT2D eigenvalue weighted by Crippen LogP contribution is 2.23. The minimum atomic E-state index is -0.131. The topological polar surface area (TPSA) is 67.9 Å². The summed E-state index contributed by atoms with van der Waals surface area (Å²) < 4.78 is 6.83. The molecular weight excluding hydrogens is 322 g/mol. The van der Waals surface area contributed by atoms with Gasteiger partial charge in [0.05, 0.1) is 29.8 Å². The minimum Gasteiger partial charge on any atom is -0.497 e. The molecule has 0 N–H and O–H groups in total. The second kappa shape index (κ2) is 7.20. The Bertz CT molecular complexity index is 976. The molecule has 0 aliphatic heterocycles. The van der Waals surface area contributed by atoms with Crippen molar-refractivity contribution >= 4 is 22.7 Å². The summed E-state index contributed by atoms with van der Waals surface area (Å²) in [6, 6.07) is 16.7. The molecule has 5 nitrogen and oxygen atoms in total. The highest BCUT2D eigenvalue weighted by atomic mass is 32.2. The van der Waals surface area contributed by atoms with Crippen molar-refractivity contribution in [1.82, 2.24) is 9.55 Å². The molecule has 0 saturated heterocycles. The van der Waals surface area contributed by atoms with Crippen LogP contribution in [-0.4, -0.2) is 22.4 Å². The fourth-order valence-corrected chi connectivity index (χ4v) is 3.23. The SMILES string of the molecule is COc1cccc(-n2c(SCCC#N)nc3ccccc3c2=O)c1. The average molecular weight is 337 g/mol. The zero-order valence-corrected chi connectivity index (χ0v) is 13.9. The molecule has 0 saturated carbocycles. The van der Waals surface area contributed by atoms with Crippen LogP contribution in [0, 0.1) is 11.3 Å². The monoisotopic (exact) mass is 337 g/mol. The first kappa shape index (κ1) is 16.1. The van der Waals surface area contributed by atoms with Crippen molar-refractivity contribution in [2.24, 2.45) is 0 Å². The zero-order valence-electron chi connectivity index (χ0n) is 13.1. The number of aromatic nitrogens is 2. The molecule has 0 bridgehead atoms. The highest BCUT2D eigenvalue weighted by molar-refractivity contribution is 7.99. The lowest BCUT2D eigenvalue weighted by Gasteiger charge is -2.13. The molecule has 1 aromatic heterocycles. The van der Waals surface area contributed by atoms with E-state index in [4.69, 9.17) is 10.00 Å². The first-order valence-corrected chi connectivity index (χ1v) is 8.39. The lowest BCUT2D eigenvalue weighted by molar-refractivity contribution is 0.414. The molecule has 0 atom stereocenters. The van der Waals surface area contributed by atoms with E-state index in [0.717, 1.165) is 0 Å². The number of ether oxygens (including phenoxy) is 1. The fraction of sp³-hybridized carbons (Fsp3) is 0.167.